The molecule has 1 aliphatic rings. The Morgan fingerprint density at radius 3 is 2.69 bits per heavy atom. The van der Waals surface area contributed by atoms with E-state index in [4.69, 9.17) is 4.74 Å². The lowest BCUT2D eigenvalue weighted by molar-refractivity contribution is -0.125. The summed E-state index contributed by atoms with van der Waals surface area (Å²) in [5.41, 5.74) is 2.22. The number of amides is 2. The number of carbonyl (C=O) groups is 2. The number of benzene rings is 2. The number of fused-ring (bicyclic) bond motifs is 1. The standard InChI is InChI=1S/C21H21N5O3/c1-13-21(28)26(17-5-3-4-6-18(17)29-13)12-11-19(27)23-16-9-7-15(8-10-16)20-22-14(2)24-25-20/h3-10,13H,11-12H2,1-2H3,(H,23,27)(H,22,24,25). The van der Waals surface area contributed by atoms with Crippen molar-refractivity contribution in [1.29, 1.82) is 0 Å². The van der Waals surface area contributed by atoms with E-state index in [2.05, 4.69) is 20.5 Å². The van der Waals surface area contributed by atoms with Crippen LogP contribution in [-0.4, -0.2) is 39.6 Å². The minimum absolute atomic E-state index is 0.150. The molecule has 0 spiro atoms. The van der Waals surface area contributed by atoms with Crippen molar-refractivity contribution in [1.82, 2.24) is 15.2 Å². The van der Waals surface area contributed by atoms with Crippen LogP contribution in [0.4, 0.5) is 11.4 Å². The van der Waals surface area contributed by atoms with Crippen LogP contribution >= 0.6 is 0 Å². The van der Waals surface area contributed by atoms with Crippen LogP contribution in [0.1, 0.15) is 19.2 Å². The van der Waals surface area contributed by atoms with Crippen molar-refractivity contribution >= 4 is 23.2 Å². The third-order valence-electron chi connectivity index (χ3n) is 4.66. The van der Waals surface area contributed by atoms with Gasteiger partial charge in [0.2, 0.25) is 5.91 Å². The molecule has 0 aliphatic carbocycles. The van der Waals surface area contributed by atoms with Gasteiger partial charge in [0.05, 0.1) is 5.69 Å². The molecule has 2 amide bonds. The number of para-hydroxylation sites is 2. The summed E-state index contributed by atoms with van der Waals surface area (Å²) in [5, 5.41) is 9.78. The average Bonchev–Trinajstić information content (AvgIpc) is 3.15. The van der Waals surface area contributed by atoms with Gasteiger partial charge >= 0.3 is 0 Å². The van der Waals surface area contributed by atoms with Gasteiger partial charge < -0.3 is 15.0 Å². The SMILES string of the molecule is Cc1nc(-c2ccc(NC(=O)CCN3C(=O)C(C)Oc4ccccc43)cc2)n[nH]1. The summed E-state index contributed by atoms with van der Waals surface area (Å²) < 4.78 is 5.62. The largest absolute Gasteiger partial charge is 0.479 e. The quantitative estimate of drug-likeness (QED) is 0.697. The zero-order valence-corrected chi connectivity index (χ0v) is 16.2. The Morgan fingerprint density at radius 2 is 1.97 bits per heavy atom. The third-order valence-corrected chi connectivity index (χ3v) is 4.66. The van der Waals surface area contributed by atoms with Gasteiger partial charge in [-0.05, 0) is 50.2 Å². The lowest BCUT2D eigenvalue weighted by atomic mass is 10.1. The van der Waals surface area contributed by atoms with E-state index >= 15 is 0 Å². The number of anilines is 2. The van der Waals surface area contributed by atoms with Gasteiger partial charge in [-0.1, -0.05) is 12.1 Å². The van der Waals surface area contributed by atoms with E-state index in [1.807, 2.05) is 43.3 Å². The molecule has 3 aromatic rings. The molecule has 0 saturated heterocycles. The molecule has 0 bridgehead atoms. The number of ether oxygens (including phenoxy) is 1. The topological polar surface area (TPSA) is 100 Å². The van der Waals surface area contributed by atoms with Gasteiger partial charge in [-0.2, -0.15) is 5.10 Å². The summed E-state index contributed by atoms with van der Waals surface area (Å²) >= 11 is 0. The lowest BCUT2D eigenvalue weighted by Gasteiger charge is -2.32. The molecule has 148 valence electrons. The van der Waals surface area contributed by atoms with Crippen LogP contribution in [-0.2, 0) is 9.59 Å². The molecular weight excluding hydrogens is 370 g/mol. The van der Waals surface area contributed by atoms with Crippen molar-refractivity contribution in [2.45, 2.75) is 26.4 Å². The second kappa shape index (κ2) is 7.75. The maximum absolute atomic E-state index is 12.5. The fourth-order valence-corrected chi connectivity index (χ4v) is 3.20. The van der Waals surface area contributed by atoms with E-state index in [1.165, 1.54) is 0 Å². The molecule has 0 radical (unpaired) electrons. The molecule has 0 fully saturated rings. The minimum Gasteiger partial charge on any atom is -0.479 e. The fourth-order valence-electron chi connectivity index (χ4n) is 3.20. The number of nitrogens with zero attached hydrogens (tertiary/aromatic N) is 3. The van der Waals surface area contributed by atoms with Crippen LogP contribution in [0.5, 0.6) is 5.75 Å². The van der Waals surface area contributed by atoms with Gasteiger partial charge in [0.25, 0.3) is 5.91 Å². The molecule has 4 rings (SSSR count). The molecule has 2 heterocycles. The second-order valence-corrected chi connectivity index (χ2v) is 6.84. The van der Waals surface area contributed by atoms with Crippen molar-refractivity contribution in [2.75, 3.05) is 16.8 Å². The molecule has 0 saturated carbocycles. The smallest absolute Gasteiger partial charge is 0.267 e. The highest BCUT2D eigenvalue weighted by atomic mass is 16.5. The van der Waals surface area contributed by atoms with Gasteiger partial charge in [0, 0.05) is 24.2 Å². The van der Waals surface area contributed by atoms with Gasteiger partial charge in [0.15, 0.2) is 11.9 Å². The lowest BCUT2D eigenvalue weighted by Crippen LogP contribution is -2.45. The highest BCUT2D eigenvalue weighted by Gasteiger charge is 2.31. The maximum atomic E-state index is 12.5. The molecule has 1 aliphatic heterocycles. The Hall–Kier alpha value is -3.68. The van der Waals surface area contributed by atoms with E-state index in [1.54, 1.807) is 24.0 Å². The van der Waals surface area contributed by atoms with Crippen LogP contribution < -0.4 is 15.0 Å². The van der Waals surface area contributed by atoms with Gasteiger partial charge in [0.1, 0.15) is 11.6 Å². The van der Waals surface area contributed by atoms with Crippen LogP contribution in [0.25, 0.3) is 11.4 Å². The van der Waals surface area contributed by atoms with Gasteiger partial charge in [-0.3, -0.25) is 14.7 Å². The minimum atomic E-state index is -0.570. The zero-order chi connectivity index (χ0) is 20.4. The summed E-state index contributed by atoms with van der Waals surface area (Å²) in [6.45, 7) is 3.83. The van der Waals surface area contributed by atoms with E-state index in [0.717, 1.165) is 11.4 Å². The highest BCUT2D eigenvalue weighted by molar-refractivity contribution is 6.00. The van der Waals surface area contributed by atoms with Crippen LogP contribution in [0, 0.1) is 6.92 Å². The first-order valence-electron chi connectivity index (χ1n) is 9.37. The second-order valence-electron chi connectivity index (χ2n) is 6.84. The summed E-state index contributed by atoms with van der Waals surface area (Å²) in [5.74, 6) is 1.68. The van der Waals surface area contributed by atoms with Crippen molar-refractivity contribution in [2.24, 2.45) is 0 Å². The summed E-state index contributed by atoms with van der Waals surface area (Å²) in [6, 6.07) is 14.6. The number of nitrogens with one attached hydrogen (secondary N) is 2. The first-order chi connectivity index (χ1) is 14.0. The van der Waals surface area contributed by atoms with Gasteiger partial charge in [-0.25, -0.2) is 4.98 Å². The number of carbonyl (C=O) groups excluding carboxylic acids is 2. The highest BCUT2D eigenvalue weighted by Crippen LogP contribution is 2.33. The molecule has 29 heavy (non-hydrogen) atoms. The van der Waals surface area contributed by atoms with Crippen molar-refractivity contribution in [3.05, 3.63) is 54.4 Å². The molecule has 8 heteroatoms. The Bertz CT molecular complexity index is 1040. The Balaban J connectivity index is 1.38. The first kappa shape index (κ1) is 18.7. The Kier molecular flexibility index (Phi) is 4.99. The molecule has 1 atom stereocenters. The number of aromatic amines is 1. The maximum Gasteiger partial charge on any atom is 0.267 e. The predicted molar refractivity (Wildman–Crippen MR) is 109 cm³/mol. The molecule has 1 aromatic heterocycles. The summed E-state index contributed by atoms with van der Waals surface area (Å²) in [4.78, 5) is 30.8. The predicted octanol–water partition coefficient (Wildman–Crippen LogP) is 2.92. The number of rotatable bonds is 5. The van der Waals surface area contributed by atoms with Gasteiger partial charge in [-0.15, -0.1) is 0 Å². The summed E-state index contributed by atoms with van der Waals surface area (Å²) in [7, 11) is 0. The average molecular weight is 391 g/mol. The van der Waals surface area contributed by atoms with E-state index < -0.39 is 6.10 Å². The van der Waals surface area contributed by atoms with E-state index in [9.17, 15) is 9.59 Å². The van der Waals surface area contributed by atoms with Crippen molar-refractivity contribution < 1.29 is 14.3 Å². The Labute approximate surface area is 167 Å². The zero-order valence-electron chi connectivity index (χ0n) is 16.2. The number of hydrogen-bond acceptors (Lipinski definition) is 5. The Morgan fingerprint density at radius 1 is 1.21 bits per heavy atom. The van der Waals surface area contributed by atoms with E-state index in [-0.39, 0.29) is 24.8 Å². The number of aromatic nitrogens is 3. The van der Waals surface area contributed by atoms with Crippen molar-refractivity contribution in [3.63, 3.8) is 0 Å². The number of H-pyrrole nitrogens is 1. The normalized spacial score (nSPS) is 15.6. The molecule has 2 N–H and O–H groups in total. The van der Waals surface area contributed by atoms with Crippen molar-refractivity contribution in [3.8, 4) is 17.1 Å². The summed E-state index contributed by atoms with van der Waals surface area (Å²) in [6.07, 6.45) is -0.394. The van der Waals surface area contributed by atoms with E-state index in [0.29, 0.717) is 22.9 Å². The molecule has 8 nitrogen and oxygen atoms in total. The first-order valence-corrected chi connectivity index (χ1v) is 9.37. The number of hydrogen-bond donors (Lipinski definition) is 2. The molecular formula is C21H21N5O3. The van der Waals surface area contributed by atoms with Crippen LogP contribution in [0.15, 0.2) is 48.5 Å². The van der Waals surface area contributed by atoms with Crippen LogP contribution in [0.3, 0.4) is 0 Å². The third kappa shape index (κ3) is 3.96. The monoisotopic (exact) mass is 391 g/mol. The molecule has 1 unspecified atom stereocenters. The number of aryl methyl sites for hydroxylation is 1. The fraction of sp³-hybridized carbons (Fsp3) is 0.238. The van der Waals surface area contributed by atoms with Crippen LogP contribution in [0.2, 0.25) is 0 Å². The molecule has 2 aromatic carbocycles.